The molecule has 0 radical (unpaired) electrons. The molecule has 9 heteroatoms. The van der Waals surface area contributed by atoms with Crippen molar-refractivity contribution in [1.82, 2.24) is 0 Å². The van der Waals surface area contributed by atoms with Gasteiger partial charge >= 0.3 is 11.9 Å². The SMILES string of the molecule is COC(=O)c1cc(C(=O)O[C@H](C)C(=O)Nc2cccc(C)c2)cc([N+](=O)[O-])c1. The van der Waals surface area contributed by atoms with Crippen molar-refractivity contribution in [2.75, 3.05) is 12.4 Å². The van der Waals surface area contributed by atoms with Crippen LogP contribution in [0.3, 0.4) is 0 Å². The summed E-state index contributed by atoms with van der Waals surface area (Å²) in [6.07, 6.45) is -1.17. The third kappa shape index (κ3) is 5.13. The molecule has 28 heavy (non-hydrogen) atoms. The third-order valence-corrected chi connectivity index (χ3v) is 3.72. The maximum atomic E-state index is 12.3. The molecule has 0 unspecified atom stereocenters. The lowest BCUT2D eigenvalue weighted by molar-refractivity contribution is -0.384. The van der Waals surface area contributed by atoms with Crippen molar-refractivity contribution in [3.05, 3.63) is 69.3 Å². The molecule has 0 aliphatic heterocycles. The van der Waals surface area contributed by atoms with Gasteiger partial charge in [0, 0.05) is 17.8 Å². The summed E-state index contributed by atoms with van der Waals surface area (Å²) in [5.41, 5.74) is 0.572. The number of nitro groups is 1. The Labute approximate surface area is 160 Å². The molecule has 0 aliphatic carbocycles. The highest BCUT2D eigenvalue weighted by Gasteiger charge is 2.23. The maximum absolute atomic E-state index is 12.3. The van der Waals surface area contributed by atoms with Crippen LogP contribution < -0.4 is 5.32 Å². The number of amides is 1. The van der Waals surface area contributed by atoms with Crippen LogP contribution in [-0.2, 0) is 14.3 Å². The summed E-state index contributed by atoms with van der Waals surface area (Å²) in [7, 11) is 1.11. The molecule has 2 rings (SSSR count). The van der Waals surface area contributed by atoms with Gasteiger partial charge in [0.25, 0.3) is 11.6 Å². The number of benzene rings is 2. The Kier molecular flexibility index (Phi) is 6.43. The van der Waals surface area contributed by atoms with Crippen LogP contribution >= 0.6 is 0 Å². The van der Waals surface area contributed by atoms with E-state index in [1.54, 1.807) is 18.2 Å². The molecular formula is C19H18N2O7. The van der Waals surface area contributed by atoms with E-state index in [9.17, 15) is 24.5 Å². The van der Waals surface area contributed by atoms with Gasteiger partial charge in [-0.3, -0.25) is 14.9 Å². The first-order chi connectivity index (χ1) is 13.2. The molecule has 0 aromatic heterocycles. The molecule has 0 bridgehead atoms. The monoisotopic (exact) mass is 386 g/mol. The van der Waals surface area contributed by atoms with Crippen molar-refractivity contribution >= 4 is 29.2 Å². The van der Waals surface area contributed by atoms with Crippen molar-refractivity contribution in [2.45, 2.75) is 20.0 Å². The van der Waals surface area contributed by atoms with Gasteiger partial charge in [0.05, 0.1) is 23.2 Å². The summed E-state index contributed by atoms with van der Waals surface area (Å²) in [6.45, 7) is 3.22. The zero-order valence-electron chi connectivity index (χ0n) is 15.4. The lowest BCUT2D eigenvalue weighted by Gasteiger charge is -2.14. The normalized spacial score (nSPS) is 11.2. The predicted molar refractivity (Wildman–Crippen MR) is 99.1 cm³/mol. The van der Waals surface area contributed by atoms with Gasteiger partial charge in [0.2, 0.25) is 0 Å². The van der Waals surface area contributed by atoms with Crippen LogP contribution in [0.1, 0.15) is 33.2 Å². The second-order valence-electron chi connectivity index (χ2n) is 5.92. The first kappa shape index (κ1) is 20.6. The highest BCUT2D eigenvalue weighted by Crippen LogP contribution is 2.19. The van der Waals surface area contributed by atoms with Crippen molar-refractivity contribution in [3.63, 3.8) is 0 Å². The van der Waals surface area contributed by atoms with E-state index in [1.165, 1.54) is 6.92 Å². The summed E-state index contributed by atoms with van der Waals surface area (Å²) < 4.78 is 9.60. The van der Waals surface area contributed by atoms with Crippen molar-refractivity contribution < 1.29 is 28.8 Å². The lowest BCUT2D eigenvalue weighted by Crippen LogP contribution is -2.30. The Hall–Kier alpha value is -3.75. The first-order valence-electron chi connectivity index (χ1n) is 8.17. The Bertz CT molecular complexity index is 940. The number of hydrogen-bond acceptors (Lipinski definition) is 7. The predicted octanol–water partition coefficient (Wildman–Crippen LogP) is 2.87. The molecular weight excluding hydrogens is 368 g/mol. The van der Waals surface area contributed by atoms with Gasteiger partial charge in [-0.05, 0) is 37.6 Å². The van der Waals surface area contributed by atoms with Crippen LogP contribution in [0.4, 0.5) is 11.4 Å². The maximum Gasteiger partial charge on any atom is 0.339 e. The Morgan fingerprint density at radius 3 is 2.29 bits per heavy atom. The Balaban J connectivity index is 2.16. The Morgan fingerprint density at radius 2 is 1.71 bits per heavy atom. The van der Waals surface area contributed by atoms with Crippen molar-refractivity contribution in [1.29, 1.82) is 0 Å². The smallest absolute Gasteiger partial charge is 0.339 e. The van der Waals surface area contributed by atoms with E-state index in [4.69, 9.17) is 4.74 Å². The topological polar surface area (TPSA) is 125 Å². The highest BCUT2D eigenvalue weighted by atomic mass is 16.6. The number of ether oxygens (including phenoxy) is 2. The second-order valence-corrected chi connectivity index (χ2v) is 5.92. The third-order valence-electron chi connectivity index (χ3n) is 3.72. The molecule has 2 aromatic rings. The fourth-order valence-corrected chi connectivity index (χ4v) is 2.32. The number of non-ortho nitro benzene ring substituents is 1. The molecule has 0 fully saturated rings. The van der Waals surface area contributed by atoms with E-state index in [0.717, 1.165) is 30.9 Å². The van der Waals surface area contributed by atoms with Gasteiger partial charge in [-0.2, -0.15) is 0 Å². The lowest BCUT2D eigenvalue weighted by atomic mass is 10.1. The largest absolute Gasteiger partial charge is 0.465 e. The van der Waals surface area contributed by atoms with Crippen LogP contribution in [-0.4, -0.2) is 36.0 Å². The molecule has 9 nitrogen and oxygen atoms in total. The van der Waals surface area contributed by atoms with E-state index in [2.05, 4.69) is 10.1 Å². The number of anilines is 1. The molecule has 0 aliphatic rings. The number of methoxy groups -OCH3 is 1. The fourth-order valence-electron chi connectivity index (χ4n) is 2.32. The van der Waals surface area contributed by atoms with Crippen molar-refractivity contribution in [2.24, 2.45) is 0 Å². The molecule has 0 heterocycles. The molecule has 0 saturated heterocycles. The van der Waals surface area contributed by atoms with Crippen LogP contribution in [0, 0.1) is 17.0 Å². The second kappa shape index (κ2) is 8.76. The van der Waals surface area contributed by atoms with Gasteiger partial charge in [-0.1, -0.05) is 12.1 Å². The minimum atomic E-state index is -1.17. The number of nitrogens with one attached hydrogen (secondary N) is 1. The van der Waals surface area contributed by atoms with E-state index in [0.29, 0.717) is 5.69 Å². The molecule has 0 saturated carbocycles. The molecule has 0 spiro atoms. The number of carbonyl (C=O) groups excluding carboxylic acids is 3. The summed E-state index contributed by atoms with van der Waals surface area (Å²) in [5.74, 6) is -2.40. The van der Waals surface area contributed by atoms with Gasteiger partial charge in [-0.25, -0.2) is 9.59 Å². The summed E-state index contributed by atoms with van der Waals surface area (Å²) >= 11 is 0. The van der Waals surface area contributed by atoms with E-state index >= 15 is 0 Å². The molecule has 1 amide bonds. The standard InChI is InChI=1S/C19H18N2O7/c1-11-5-4-6-15(7-11)20-17(22)12(2)28-19(24)14-8-13(18(23)27-3)9-16(10-14)21(25)26/h4-10,12H,1-3H3,(H,20,22)/t12-/m1/s1. The summed E-state index contributed by atoms with van der Waals surface area (Å²) in [6, 6.07) is 10.1. The summed E-state index contributed by atoms with van der Waals surface area (Å²) in [5, 5.41) is 13.6. The van der Waals surface area contributed by atoms with Crippen LogP contribution in [0.2, 0.25) is 0 Å². The summed E-state index contributed by atoms with van der Waals surface area (Å²) in [4.78, 5) is 46.5. The van der Waals surface area contributed by atoms with Gasteiger partial charge in [0.1, 0.15) is 0 Å². The van der Waals surface area contributed by atoms with Crippen LogP contribution in [0.25, 0.3) is 0 Å². The van der Waals surface area contributed by atoms with Crippen LogP contribution in [0.5, 0.6) is 0 Å². The molecule has 2 aromatic carbocycles. The van der Waals surface area contributed by atoms with E-state index < -0.39 is 34.6 Å². The quantitative estimate of drug-likeness (QED) is 0.460. The minimum absolute atomic E-state index is 0.180. The number of esters is 2. The van der Waals surface area contributed by atoms with Gasteiger partial charge in [0.15, 0.2) is 6.10 Å². The average molecular weight is 386 g/mol. The number of carbonyl (C=O) groups is 3. The number of aryl methyl sites for hydroxylation is 1. The fraction of sp³-hybridized carbons (Fsp3) is 0.211. The van der Waals surface area contributed by atoms with Gasteiger partial charge in [-0.15, -0.1) is 0 Å². The Morgan fingerprint density at radius 1 is 1.07 bits per heavy atom. The van der Waals surface area contributed by atoms with Crippen LogP contribution in [0.15, 0.2) is 42.5 Å². The highest BCUT2D eigenvalue weighted by molar-refractivity contribution is 5.99. The number of hydrogen-bond donors (Lipinski definition) is 1. The first-order valence-corrected chi connectivity index (χ1v) is 8.17. The molecule has 1 N–H and O–H groups in total. The van der Waals surface area contributed by atoms with E-state index in [1.807, 2.05) is 13.0 Å². The van der Waals surface area contributed by atoms with E-state index in [-0.39, 0.29) is 11.1 Å². The number of rotatable bonds is 6. The molecule has 146 valence electrons. The molecule has 1 atom stereocenters. The van der Waals surface area contributed by atoms with Crippen molar-refractivity contribution in [3.8, 4) is 0 Å². The zero-order chi connectivity index (χ0) is 20.8. The number of nitrogens with zero attached hydrogens (tertiary/aromatic N) is 1. The zero-order valence-corrected chi connectivity index (χ0v) is 15.4. The number of nitro benzene ring substituents is 1. The average Bonchev–Trinajstić information content (AvgIpc) is 2.66. The minimum Gasteiger partial charge on any atom is -0.465 e. The van der Waals surface area contributed by atoms with Gasteiger partial charge < -0.3 is 14.8 Å².